The number of aromatic hydroxyl groups is 1. The highest BCUT2D eigenvalue weighted by molar-refractivity contribution is 5.84. The van der Waals surface area contributed by atoms with Crippen LogP contribution in [0.25, 0.3) is 11.0 Å². The van der Waals surface area contributed by atoms with Crippen molar-refractivity contribution in [3.8, 4) is 5.75 Å². The van der Waals surface area contributed by atoms with E-state index in [9.17, 15) is 5.11 Å². The molecule has 4 nitrogen and oxygen atoms in total. The third kappa shape index (κ3) is 1.84. The number of nitrogens with zero attached hydrogens (tertiary/aromatic N) is 3. The van der Waals surface area contributed by atoms with Crippen LogP contribution in [0.15, 0.2) is 60.0 Å². The van der Waals surface area contributed by atoms with Gasteiger partial charge in [-0.05, 0) is 24.3 Å². The van der Waals surface area contributed by atoms with Crippen LogP contribution in [0.1, 0.15) is 5.56 Å². The zero-order valence-corrected chi connectivity index (χ0v) is 9.56. The van der Waals surface area contributed by atoms with Crippen LogP contribution in [0.4, 0.5) is 0 Å². The summed E-state index contributed by atoms with van der Waals surface area (Å²) < 4.78 is 1.68. The van der Waals surface area contributed by atoms with E-state index in [2.05, 4.69) is 10.1 Å². The van der Waals surface area contributed by atoms with Crippen LogP contribution in [0.2, 0.25) is 0 Å². The summed E-state index contributed by atoms with van der Waals surface area (Å²) in [5.74, 6) is 0.214. The van der Waals surface area contributed by atoms with Crippen molar-refractivity contribution in [2.24, 2.45) is 5.10 Å². The summed E-state index contributed by atoms with van der Waals surface area (Å²) in [7, 11) is 0. The van der Waals surface area contributed by atoms with E-state index in [4.69, 9.17) is 0 Å². The maximum atomic E-state index is 9.64. The van der Waals surface area contributed by atoms with Gasteiger partial charge in [0.15, 0.2) is 0 Å². The average molecular weight is 237 g/mol. The highest BCUT2D eigenvalue weighted by atomic mass is 16.3. The number of fused-ring (bicyclic) bond motifs is 1. The Morgan fingerprint density at radius 2 is 1.83 bits per heavy atom. The van der Waals surface area contributed by atoms with Gasteiger partial charge in [-0.2, -0.15) is 5.10 Å². The second kappa shape index (κ2) is 4.33. The van der Waals surface area contributed by atoms with Gasteiger partial charge < -0.3 is 5.11 Å². The molecule has 0 aliphatic rings. The van der Waals surface area contributed by atoms with E-state index in [1.54, 1.807) is 35.4 Å². The number of aromatic nitrogens is 2. The van der Waals surface area contributed by atoms with Gasteiger partial charge in [0.2, 0.25) is 0 Å². The van der Waals surface area contributed by atoms with Crippen molar-refractivity contribution in [3.05, 3.63) is 60.4 Å². The smallest absolute Gasteiger partial charge is 0.124 e. The second-order valence-corrected chi connectivity index (χ2v) is 3.88. The topological polar surface area (TPSA) is 50.4 Å². The Hall–Kier alpha value is -2.62. The molecule has 4 heteroatoms. The van der Waals surface area contributed by atoms with Gasteiger partial charge in [-0.1, -0.05) is 24.3 Å². The predicted octanol–water partition coefficient (Wildman–Crippen LogP) is 2.62. The lowest BCUT2D eigenvalue weighted by Crippen LogP contribution is -1.89. The molecule has 1 N–H and O–H groups in total. The molecule has 3 rings (SSSR count). The summed E-state index contributed by atoms with van der Waals surface area (Å²) in [6.07, 6.45) is 3.27. The predicted molar refractivity (Wildman–Crippen MR) is 70.8 cm³/mol. The first kappa shape index (κ1) is 10.5. The van der Waals surface area contributed by atoms with Crippen molar-refractivity contribution in [2.75, 3.05) is 0 Å². The van der Waals surface area contributed by atoms with E-state index in [0.717, 1.165) is 11.0 Å². The summed E-state index contributed by atoms with van der Waals surface area (Å²) in [5, 5.41) is 13.9. The Balaban J connectivity index is 2.00. The first-order chi connectivity index (χ1) is 8.84. The van der Waals surface area contributed by atoms with Gasteiger partial charge in [-0.3, -0.25) is 0 Å². The SMILES string of the molecule is Oc1ccccc1C=Nn1cnc2ccccc21. The normalized spacial score (nSPS) is 11.3. The minimum absolute atomic E-state index is 0.214. The van der Waals surface area contributed by atoms with Gasteiger partial charge in [0.25, 0.3) is 0 Å². The Morgan fingerprint density at radius 1 is 1.06 bits per heavy atom. The lowest BCUT2D eigenvalue weighted by molar-refractivity contribution is 0.474. The Bertz CT molecular complexity index is 716. The standard InChI is InChI=1S/C14H11N3O/c18-14-8-4-1-5-11(14)9-16-17-10-15-12-6-2-3-7-13(12)17/h1-10,18H. The van der Waals surface area contributed by atoms with E-state index in [1.165, 1.54) is 0 Å². The van der Waals surface area contributed by atoms with Crippen LogP contribution in [0, 0.1) is 0 Å². The fourth-order valence-electron chi connectivity index (χ4n) is 1.76. The van der Waals surface area contributed by atoms with E-state index in [1.807, 2.05) is 30.3 Å². The molecule has 0 aliphatic carbocycles. The van der Waals surface area contributed by atoms with Gasteiger partial charge in [0.1, 0.15) is 12.1 Å². The molecule has 0 atom stereocenters. The fourth-order valence-corrected chi connectivity index (χ4v) is 1.76. The highest BCUT2D eigenvalue weighted by Gasteiger charge is 1.99. The summed E-state index contributed by atoms with van der Waals surface area (Å²) >= 11 is 0. The molecule has 3 aromatic rings. The summed E-state index contributed by atoms with van der Waals surface area (Å²) in [6.45, 7) is 0. The average Bonchev–Trinajstić information content (AvgIpc) is 2.81. The number of phenols is 1. The van der Waals surface area contributed by atoms with Crippen molar-refractivity contribution in [2.45, 2.75) is 0 Å². The van der Waals surface area contributed by atoms with Crippen molar-refractivity contribution in [1.82, 2.24) is 9.66 Å². The molecule has 0 radical (unpaired) electrons. The first-order valence-corrected chi connectivity index (χ1v) is 5.59. The number of phenolic OH excluding ortho intramolecular Hbond substituents is 1. The summed E-state index contributed by atoms with van der Waals surface area (Å²) in [4.78, 5) is 4.24. The molecule has 0 fully saturated rings. The highest BCUT2D eigenvalue weighted by Crippen LogP contribution is 2.14. The number of para-hydroxylation sites is 3. The maximum absolute atomic E-state index is 9.64. The molecule has 88 valence electrons. The van der Waals surface area contributed by atoms with E-state index in [-0.39, 0.29) is 5.75 Å². The number of hydrogen-bond donors (Lipinski definition) is 1. The second-order valence-electron chi connectivity index (χ2n) is 3.88. The fraction of sp³-hybridized carbons (Fsp3) is 0. The number of imidazole rings is 1. The van der Waals surface area contributed by atoms with Gasteiger partial charge in [-0.25, -0.2) is 9.66 Å². The molecule has 0 amide bonds. The van der Waals surface area contributed by atoms with E-state index >= 15 is 0 Å². The third-order valence-corrected chi connectivity index (χ3v) is 2.69. The molecule has 0 spiro atoms. The van der Waals surface area contributed by atoms with E-state index in [0.29, 0.717) is 5.56 Å². The Kier molecular flexibility index (Phi) is 2.53. The largest absolute Gasteiger partial charge is 0.507 e. The van der Waals surface area contributed by atoms with Crippen LogP contribution >= 0.6 is 0 Å². The lowest BCUT2D eigenvalue weighted by atomic mass is 10.2. The van der Waals surface area contributed by atoms with Crippen molar-refractivity contribution in [3.63, 3.8) is 0 Å². The molecular formula is C14H11N3O. The number of hydrogen-bond acceptors (Lipinski definition) is 3. The van der Waals surface area contributed by atoms with Crippen LogP contribution in [0.5, 0.6) is 5.75 Å². The molecule has 0 saturated heterocycles. The monoisotopic (exact) mass is 237 g/mol. The minimum Gasteiger partial charge on any atom is -0.507 e. The third-order valence-electron chi connectivity index (χ3n) is 2.69. The molecule has 0 bridgehead atoms. The molecule has 0 aliphatic heterocycles. The molecule has 18 heavy (non-hydrogen) atoms. The van der Waals surface area contributed by atoms with Gasteiger partial charge in [0.05, 0.1) is 17.2 Å². The quantitative estimate of drug-likeness (QED) is 0.696. The van der Waals surface area contributed by atoms with Crippen molar-refractivity contribution in [1.29, 1.82) is 0 Å². The molecule has 1 aromatic heterocycles. The van der Waals surface area contributed by atoms with Crippen LogP contribution in [-0.4, -0.2) is 21.0 Å². The minimum atomic E-state index is 0.214. The zero-order valence-electron chi connectivity index (χ0n) is 9.56. The Labute approximate surface area is 104 Å². The summed E-state index contributed by atoms with van der Waals surface area (Å²) in [6, 6.07) is 14.8. The molecule has 0 saturated carbocycles. The maximum Gasteiger partial charge on any atom is 0.124 e. The first-order valence-electron chi connectivity index (χ1n) is 5.59. The van der Waals surface area contributed by atoms with Crippen molar-refractivity contribution < 1.29 is 5.11 Å². The number of benzene rings is 2. The molecule has 2 aromatic carbocycles. The van der Waals surface area contributed by atoms with Gasteiger partial charge >= 0.3 is 0 Å². The molecular weight excluding hydrogens is 226 g/mol. The molecule has 1 heterocycles. The lowest BCUT2D eigenvalue weighted by Gasteiger charge is -1.98. The van der Waals surface area contributed by atoms with Gasteiger partial charge in [0, 0.05) is 5.56 Å². The van der Waals surface area contributed by atoms with Crippen LogP contribution < -0.4 is 0 Å². The zero-order chi connectivity index (χ0) is 12.4. The van der Waals surface area contributed by atoms with Crippen molar-refractivity contribution >= 4 is 17.2 Å². The summed E-state index contributed by atoms with van der Waals surface area (Å²) in [5.41, 5.74) is 2.51. The Morgan fingerprint density at radius 3 is 2.72 bits per heavy atom. The van der Waals surface area contributed by atoms with Crippen LogP contribution in [-0.2, 0) is 0 Å². The van der Waals surface area contributed by atoms with E-state index < -0.39 is 0 Å². The van der Waals surface area contributed by atoms with Gasteiger partial charge in [-0.15, -0.1) is 0 Å². The molecule has 0 unspecified atom stereocenters. The van der Waals surface area contributed by atoms with Crippen LogP contribution in [0.3, 0.4) is 0 Å². The number of rotatable bonds is 2.